The van der Waals surface area contributed by atoms with Crippen LogP contribution < -0.4 is 10.9 Å². The van der Waals surface area contributed by atoms with Gasteiger partial charge >= 0.3 is 0 Å². The second-order valence-electron chi connectivity index (χ2n) is 7.76. The molecule has 0 bridgehead atoms. The fourth-order valence-corrected chi connectivity index (χ4v) is 4.34. The standard InChI is InChI=1S/C18H24N2O3S/c1-18(2,3)10-4-6-11(7-5-10)19-16(22)14-15(21)12-8-24-9-13(12)20-17(14)23/h8-11,21H,4-7H2,1-3H3,(H,19,22)(H,20,23). The number of nitrogens with one attached hydrogen (secondary N) is 2. The smallest absolute Gasteiger partial charge is 0.265 e. The van der Waals surface area contributed by atoms with E-state index in [1.807, 2.05) is 0 Å². The van der Waals surface area contributed by atoms with Gasteiger partial charge in [0, 0.05) is 16.8 Å². The first-order chi connectivity index (χ1) is 11.3. The Balaban J connectivity index is 1.74. The van der Waals surface area contributed by atoms with Crippen molar-refractivity contribution in [3.05, 3.63) is 26.7 Å². The number of aromatic amines is 1. The maximum atomic E-state index is 12.5. The zero-order valence-corrected chi connectivity index (χ0v) is 15.1. The van der Waals surface area contributed by atoms with Crippen molar-refractivity contribution in [2.75, 3.05) is 0 Å². The van der Waals surface area contributed by atoms with E-state index in [2.05, 4.69) is 31.1 Å². The molecule has 1 fully saturated rings. The first-order valence-electron chi connectivity index (χ1n) is 8.39. The number of carbonyl (C=O) groups excluding carboxylic acids is 1. The molecular formula is C18H24N2O3S. The summed E-state index contributed by atoms with van der Waals surface area (Å²) in [6, 6.07) is 0.0630. The number of hydrogen-bond acceptors (Lipinski definition) is 4. The predicted octanol–water partition coefficient (Wildman–Crippen LogP) is 3.63. The molecule has 130 valence electrons. The third-order valence-corrected chi connectivity index (χ3v) is 5.89. The zero-order chi connectivity index (χ0) is 17.5. The van der Waals surface area contributed by atoms with Crippen LogP contribution in [0.25, 0.3) is 10.9 Å². The number of rotatable bonds is 2. The molecule has 0 saturated heterocycles. The first-order valence-corrected chi connectivity index (χ1v) is 9.33. The molecule has 0 unspecified atom stereocenters. The Morgan fingerprint density at radius 3 is 2.54 bits per heavy atom. The van der Waals surface area contributed by atoms with Crippen LogP contribution in [0.2, 0.25) is 0 Å². The predicted molar refractivity (Wildman–Crippen MR) is 96.8 cm³/mol. The Hall–Kier alpha value is -1.82. The summed E-state index contributed by atoms with van der Waals surface area (Å²) in [5.41, 5.74) is 0.122. The van der Waals surface area contributed by atoms with Crippen LogP contribution in [-0.4, -0.2) is 22.0 Å². The fourth-order valence-electron chi connectivity index (χ4n) is 3.58. The Bertz CT molecular complexity index is 808. The fraction of sp³-hybridized carbons (Fsp3) is 0.556. The number of aromatic hydroxyl groups is 1. The minimum Gasteiger partial charge on any atom is -0.506 e. The quantitative estimate of drug-likeness (QED) is 0.775. The van der Waals surface area contributed by atoms with Gasteiger partial charge < -0.3 is 15.4 Å². The Morgan fingerprint density at radius 2 is 1.92 bits per heavy atom. The molecule has 6 heteroatoms. The van der Waals surface area contributed by atoms with Crippen molar-refractivity contribution >= 4 is 28.1 Å². The van der Waals surface area contributed by atoms with E-state index >= 15 is 0 Å². The lowest BCUT2D eigenvalue weighted by molar-refractivity contribution is 0.0900. The highest BCUT2D eigenvalue weighted by Crippen LogP contribution is 2.38. The summed E-state index contributed by atoms with van der Waals surface area (Å²) >= 11 is 1.37. The van der Waals surface area contributed by atoms with E-state index in [-0.39, 0.29) is 22.8 Å². The van der Waals surface area contributed by atoms with Gasteiger partial charge in [-0.05, 0) is 37.0 Å². The van der Waals surface area contributed by atoms with Crippen LogP contribution in [0, 0.1) is 11.3 Å². The number of amides is 1. The van der Waals surface area contributed by atoms with E-state index in [1.165, 1.54) is 11.3 Å². The van der Waals surface area contributed by atoms with Crippen molar-refractivity contribution in [2.24, 2.45) is 11.3 Å². The van der Waals surface area contributed by atoms with Gasteiger partial charge in [-0.3, -0.25) is 9.59 Å². The number of hydrogen-bond donors (Lipinski definition) is 3. The van der Waals surface area contributed by atoms with Gasteiger partial charge in [0.2, 0.25) is 0 Å². The maximum Gasteiger partial charge on any atom is 0.265 e. The molecule has 3 rings (SSSR count). The van der Waals surface area contributed by atoms with E-state index in [9.17, 15) is 14.7 Å². The van der Waals surface area contributed by atoms with Crippen molar-refractivity contribution in [3.8, 4) is 5.75 Å². The summed E-state index contributed by atoms with van der Waals surface area (Å²) in [5.74, 6) is -0.0541. The molecule has 1 aliphatic carbocycles. The van der Waals surface area contributed by atoms with Gasteiger partial charge in [0.1, 0.15) is 11.3 Å². The second kappa shape index (κ2) is 6.24. The van der Waals surface area contributed by atoms with Crippen molar-refractivity contribution in [1.29, 1.82) is 0 Å². The van der Waals surface area contributed by atoms with E-state index in [0.29, 0.717) is 16.8 Å². The molecule has 5 nitrogen and oxygen atoms in total. The van der Waals surface area contributed by atoms with Gasteiger partial charge in [-0.2, -0.15) is 0 Å². The lowest BCUT2D eigenvalue weighted by Gasteiger charge is -2.37. The SMILES string of the molecule is CC(C)(C)C1CCC(NC(=O)c2c(O)c3cscc3[nH]c2=O)CC1. The van der Waals surface area contributed by atoms with Crippen molar-refractivity contribution in [2.45, 2.75) is 52.5 Å². The Labute approximate surface area is 145 Å². The normalized spacial score (nSPS) is 21.8. The monoisotopic (exact) mass is 348 g/mol. The van der Waals surface area contributed by atoms with Crippen molar-refractivity contribution in [3.63, 3.8) is 0 Å². The summed E-state index contributed by atoms with van der Waals surface area (Å²) in [4.78, 5) is 27.3. The van der Waals surface area contributed by atoms with Crippen LogP contribution in [0.4, 0.5) is 0 Å². The van der Waals surface area contributed by atoms with E-state index in [4.69, 9.17) is 0 Å². The van der Waals surface area contributed by atoms with Crippen LogP contribution in [0.1, 0.15) is 56.8 Å². The van der Waals surface area contributed by atoms with Gasteiger partial charge in [-0.1, -0.05) is 20.8 Å². The molecule has 1 aliphatic rings. The van der Waals surface area contributed by atoms with Crippen LogP contribution in [0.15, 0.2) is 15.6 Å². The number of fused-ring (bicyclic) bond motifs is 1. The largest absolute Gasteiger partial charge is 0.506 e. The lowest BCUT2D eigenvalue weighted by Crippen LogP contribution is -2.41. The molecule has 0 aromatic carbocycles. The number of aromatic nitrogens is 1. The zero-order valence-electron chi connectivity index (χ0n) is 14.3. The minimum atomic E-state index is -0.542. The molecule has 0 radical (unpaired) electrons. The second-order valence-corrected chi connectivity index (χ2v) is 8.51. The molecule has 0 aliphatic heterocycles. The molecule has 2 aromatic rings. The minimum absolute atomic E-state index is 0.0630. The number of H-pyrrole nitrogens is 1. The molecule has 0 spiro atoms. The molecule has 2 aromatic heterocycles. The lowest BCUT2D eigenvalue weighted by atomic mass is 9.71. The van der Waals surface area contributed by atoms with Crippen LogP contribution in [0.5, 0.6) is 5.75 Å². The molecule has 24 heavy (non-hydrogen) atoms. The number of thiophene rings is 1. The van der Waals surface area contributed by atoms with Crippen molar-refractivity contribution < 1.29 is 9.90 Å². The highest BCUT2D eigenvalue weighted by atomic mass is 32.1. The number of pyridine rings is 1. The number of carbonyl (C=O) groups is 1. The molecule has 2 heterocycles. The summed E-state index contributed by atoms with van der Waals surface area (Å²) in [6.45, 7) is 6.76. The molecule has 3 N–H and O–H groups in total. The average Bonchev–Trinajstić information content (AvgIpc) is 2.95. The third-order valence-electron chi connectivity index (χ3n) is 5.14. The van der Waals surface area contributed by atoms with Crippen LogP contribution in [0.3, 0.4) is 0 Å². The summed E-state index contributed by atoms with van der Waals surface area (Å²) in [5, 5.41) is 17.2. The van der Waals surface area contributed by atoms with Gasteiger partial charge in [-0.25, -0.2) is 0 Å². The topological polar surface area (TPSA) is 82.2 Å². The van der Waals surface area contributed by atoms with Gasteiger partial charge in [-0.15, -0.1) is 11.3 Å². The summed E-state index contributed by atoms with van der Waals surface area (Å²) in [7, 11) is 0. The highest BCUT2D eigenvalue weighted by molar-refractivity contribution is 7.09. The Morgan fingerprint density at radius 1 is 1.25 bits per heavy atom. The molecular weight excluding hydrogens is 324 g/mol. The van der Waals surface area contributed by atoms with Gasteiger partial charge in [0.25, 0.3) is 11.5 Å². The first kappa shape index (κ1) is 17.0. The third kappa shape index (κ3) is 3.20. The molecule has 1 amide bonds. The Kier molecular flexibility index (Phi) is 4.42. The van der Waals surface area contributed by atoms with E-state index in [0.717, 1.165) is 25.7 Å². The molecule has 0 atom stereocenters. The highest BCUT2D eigenvalue weighted by Gasteiger charge is 2.31. The average molecular weight is 348 g/mol. The van der Waals surface area contributed by atoms with E-state index < -0.39 is 11.5 Å². The summed E-state index contributed by atoms with van der Waals surface area (Å²) < 4.78 is 0. The van der Waals surface area contributed by atoms with Gasteiger partial charge in [0.05, 0.1) is 10.9 Å². The van der Waals surface area contributed by atoms with Gasteiger partial charge in [0.15, 0.2) is 0 Å². The molecule has 1 saturated carbocycles. The van der Waals surface area contributed by atoms with Crippen LogP contribution in [-0.2, 0) is 0 Å². The van der Waals surface area contributed by atoms with Crippen LogP contribution >= 0.6 is 11.3 Å². The summed E-state index contributed by atoms with van der Waals surface area (Å²) in [6.07, 6.45) is 3.96. The van der Waals surface area contributed by atoms with Crippen molar-refractivity contribution in [1.82, 2.24) is 10.3 Å². The maximum absolute atomic E-state index is 12.5. The van der Waals surface area contributed by atoms with E-state index in [1.54, 1.807) is 10.8 Å².